The molecule has 0 spiro atoms. The van der Waals surface area contributed by atoms with Crippen LogP contribution >= 0.6 is 12.2 Å². The highest BCUT2D eigenvalue weighted by molar-refractivity contribution is 7.80. The molecule has 0 atom stereocenters. The van der Waals surface area contributed by atoms with Gasteiger partial charge in [-0.15, -0.1) is 0 Å². The number of hydrogen-bond donors (Lipinski definition) is 3. The summed E-state index contributed by atoms with van der Waals surface area (Å²) in [5, 5.41) is 9.11. The van der Waals surface area contributed by atoms with Gasteiger partial charge in [0.2, 0.25) is 0 Å². The van der Waals surface area contributed by atoms with E-state index in [1.54, 1.807) is 66.7 Å². The van der Waals surface area contributed by atoms with Crippen molar-refractivity contribution in [2.75, 3.05) is 17.2 Å². The SMILES string of the molecule is O=C(Nc1ccc(NC(=S)NCCc2ccc(F)cc2)cc1C(=O)c1ccccc1)c1ccccc1F. The second-order valence-electron chi connectivity index (χ2n) is 8.15. The smallest absolute Gasteiger partial charge is 0.258 e. The Bertz CT molecular complexity index is 1430. The second-order valence-corrected chi connectivity index (χ2v) is 8.56. The van der Waals surface area contributed by atoms with Gasteiger partial charge in [0.25, 0.3) is 5.91 Å². The summed E-state index contributed by atoms with van der Waals surface area (Å²) in [6.07, 6.45) is 0.640. The van der Waals surface area contributed by atoms with Gasteiger partial charge in [0.05, 0.1) is 11.3 Å². The summed E-state index contributed by atoms with van der Waals surface area (Å²) < 4.78 is 27.2. The highest BCUT2D eigenvalue weighted by atomic mass is 32.1. The van der Waals surface area contributed by atoms with Crippen LogP contribution in [0.15, 0.2) is 97.1 Å². The van der Waals surface area contributed by atoms with E-state index >= 15 is 0 Å². The molecule has 0 saturated carbocycles. The number of thiocarbonyl (C=S) groups is 1. The van der Waals surface area contributed by atoms with E-state index in [0.717, 1.165) is 5.56 Å². The molecule has 186 valence electrons. The zero-order chi connectivity index (χ0) is 26.2. The topological polar surface area (TPSA) is 70.2 Å². The molecule has 1 amide bonds. The van der Waals surface area contributed by atoms with Gasteiger partial charge < -0.3 is 16.0 Å². The van der Waals surface area contributed by atoms with Gasteiger partial charge in [-0.1, -0.05) is 54.6 Å². The van der Waals surface area contributed by atoms with Crippen molar-refractivity contribution in [3.63, 3.8) is 0 Å². The molecule has 4 aromatic rings. The highest BCUT2D eigenvalue weighted by Gasteiger charge is 2.18. The van der Waals surface area contributed by atoms with Crippen molar-refractivity contribution in [3.8, 4) is 0 Å². The number of hydrogen-bond acceptors (Lipinski definition) is 3. The van der Waals surface area contributed by atoms with Gasteiger partial charge in [0.1, 0.15) is 11.6 Å². The molecule has 0 radical (unpaired) electrons. The molecule has 0 aliphatic heterocycles. The lowest BCUT2D eigenvalue weighted by atomic mass is 10.0. The van der Waals surface area contributed by atoms with E-state index in [2.05, 4.69) is 16.0 Å². The monoisotopic (exact) mass is 515 g/mol. The largest absolute Gasteiger partial charge is 0.362 e. The standard InChI is InChI=1S/C29H23F2N3O2S/c30-21-12-10-19(11-13-21)16-17-32-29(37)33-22-14-15-26(34-28(36)23-8-4-5-9-25(23)31)24(18-22)27(35)20-6-2-1-3-7-20/h1-15,18H,16-17H2,(H,34,36)(H2,32,33,37). The second kappa shape index (κ2) is 12.0. The molecular weight excluding hydrogens is 492 g/mol. The Morgan fingerprint density at radius 3 is 2.19 bits per heavy atom. The molecule has 0 aliphatic carbocycles. The van der Waals surface area contributed by atoms with Crippen molar-refractivity contribution in [1.82, 2.24) is 5.32 Å². The summed E-state index contributed by atoms with van der Waals surface area (Å²) in [6, 6.07) is 25.3. The molecule has 8 heteroatoms. The predicted octanol–water partition coefficient (Wildman–Crippen LogP) is 5.98. The van der Waals surface area contributed by atoms with Crippen molar-refractivity contribution < 1.29 is 18.4 Å². The summed E-state index contributed by atoms with van der Waals surface area (Å²) in [6.45, 7) is 0.518. The summed E-state index contributed by atoms with van der Waals surface area (Å²) in [4.78, 5) is 26.0. The molecular formula is C29H23F2N3O2S. The van der Waals surface area contributed by atoms with Crippen LogP contribution in [-0.2, 0) is 6.42 Å². The first-order valence-electron chi connectivity index (χ1n) is 11.5. The minimum atomic E-state index is -0.668. The van der Waals surface area contributed by atoms with Gasteiger partial charge in [0.15, 0.2) is 10.9 Å². The molecule has 4 aromatic carbocycles. The van der Waals surface area contributed by atoms with E-state index in [1.165, 1.54) is 30.3 Å². The third-order valence-corrected chi connectivity index (χ3v) is 5.78. The fourth-order valence-electron chi connectivity index (χ4n) is 3.65. The van der Waals surface area contributed by atoms with Crippen LogP contribution in [0, 0.1) is 11.6 Å². The van der Waals surface area contributed by atoms with Crippen molar-refractivity contribution in [2.45, 2.75) is 6.42 Å². The Kier molecular flexibility index (Phi) is 8.33. The van der Waals surface area contributed by atoms with Gasteiger partial charge in [-0.25, -0.2) is 8.78 Å². The van der Waals surface area contributed by atoms with Crippen molar-refractivity contribution in [2.24, 2.45) is 0 Å². The normalized spacial score (nSPS) is 10.4. The summed E-state index contributed by atoms with van der Waals surface area (Å²) >= 11 is 5.38. The maximum absolute atomic E-state index is 14.1. The van der Waals surface area contributed by atoms with E-state index in [4.69, 9.17) is 12.2 Å². The van der Waals surface area contributed by atoms with E-state index in [9.17, 15) is 18.4 Å². The molecule has 0 saturated heterocycles. The van der Waals surface area contributed by atoms with Crippen molar-refractivity contribution >= 4 is 40.4 Å². The Labute approximate surface area is 218 Å². The van der Waals surface area contributed by atoms with Gasteiger partial charge in [0, 0.05) is 23.4 Å². The van der Waals surface area contributed by atoms with Gasteiger partial charge in [-0.2, -0.15) is 0 Å². The number of carbonyl (C=O) groups is 2. The fourth-order valence-corrected chi connectivity index (χ4v) is 3.87. The first kappa shape index (κ1) is 25.7. The number of rotatable bonds is 8. The minimum Gasteiger partial charge on any atom is -0.362 e. The third kappa shape index (κ3) is 6.83. The Morgan fingerprint density at radius 2 is 1.46 bits per heavy atom. The maximum atomic E-state index is 14.1. The van der Waals surface area contributed by atoms with Crippen LogP contribution in [0.25, 0.3) is 0 Å². The summed E-state index contributed by atoms with van der Waals surface area (Å²) in [5.74, 6) is -1.93. The van der Waals surface area contributed by atoms with Crippen LogP contribution < -0.4 is 16.0 Å². The molecule has 0 fully saturated rings. The summed E-state index contributed by atoms with van der Waals surface area (Å²) in [7, 11) is 0. The minimum absolute atomic E-state index is 0.130. The molecule has 0 unspecified atom stereocenters. The van der Waals surface area contributed by atoms with Crippen LogP contribution in [-0.4, -0.2) is 23.3 Å². The number of ketones is 1. The molecule has 5 nitrogen and oxygen atoms in total. The highest BCUT2D eigenvalue weighted by Crippen LogP contribution is 2.25. The van der Waals surface area contributed by atoms with E-state index in [1.807, 2.05) is 0 Å². The van der Waals surface area contributed by atoms with E-state index in [-0.39, 0.29) is 28.4 Å². The Morgan fingerprint density at radius 1 is 0.757 bits per heavy atom. The number of amides is 1. The van der Waals surface area contributed by atoms with Crippen LogP contribution in [0.2, 0.25) is 0 Å². The zero-order valence-electron chi connectivity index (χ0n) is 19.6. The number of benzene rings is 4. The lowest BCUT2D eigenvalue weighted by Crippen LogP contribution is -2.30. The van der Waals surface area contributed by atoms with Gasteiger partial charge in [-0.05, 0) is 66.7 Å². The molecule has 0 heterocycles. The first-order chi connectivity index (χ1) is 17.9. The third-order valence-electron chi connectivity index (χ3n) is 5.54. The molecule has 0 bridgehead atoms. The summed E-state index contributed by atoms with van der Waals surface area (Å²) in [5.41, 5.74) is 2.25. The average molecular weight is 516 g/mol. The van der Waals surface area contributed by atoms with Crippen LogP contribution in [0.4, 0.5) is 20.2 Å². The van der Waals surface area contributed by atoms with Crippen LogP contribution in [0.3, 0.4) is 0 Å². The molecule has 0 aliphatic rings. The predicted molar refractivity (Wildman–Crippen MR) is 145 cm³/mol. The number of nitrogens with one attached hydrogen (secondary N) is 3. The van der Waals surface area contributed by atoms with Gasteiger partial charge in [-0.3, -0.25) is 9.59 Å². The van der Waals surface area contributed by atoms with Crippen LogP contribution in [0.1, 0.15) is 31.8 Å². The fraction of sp³-hybridized carbons (Fsp3) is 0.0690. The van der Waals surface area contributed by atoms with E-state index in [0.29, 0.717) is 29.3 Å². The number of halogens is 2. The molecule has 4 rings (SSSR count). The molecule has 0 aromatic heterocycles. The van der Waals surface area contributed by atoms with Crippen LogP contribution in [0.5, 0.6) is 0 Å². The van der Waals surface area contributed by atoms with E-state index < -0.39 is 11.7 Å². The van der Waals surface area contributed by atoms with Crippen molar-refractivity contribution in [3.05, 3.63) is 131 Å². The Balaban J connectivity index is 1.51. The lowest BCUT2D eigenvalue weighted by Gasteiger charge is -2.15. The quantitative estimate of drug-likeness (QED) is 0.199. The average Bonchev–Trinajstić information content (AvgIpc) is 2.91. The molecule has 3 N–H and O–H groups in total. The Hall–Kier alpha value is -4.43. The van der Waals surface area contributed by atoms with Gasteiger partial charge >= 0.3 is 0 Å². The lowest BCUT2D eigenvalue weighted by molar-refractivity contribution is 0.102. The first-order valence-corrected chi connectivity index (χ1v) is 11.9. The number of carbonyl (C=O) groups excluding carboxylic acids is 2. The zero-order valence-corrected chi connectivity index (χ0v) is 20.4. The molecule has 37 heavy (non-hydrogen) atoms. The van der Waals surface area contributed by atoms with Crippen molar-refractivity contribution in [1.29, 1.82) is 0 Å². The maximum Gasteiger partial charge on any atom is 0.258 e. The number of anilines is 2.